The lowest BCUT2D eigenvalue weighted by atomic mass is 10.2. The number of methoxy groups -OCH3 is 1. The maximum Gasteiger partial charge on any atom is 0.260 e. The Kier molecular flexibility index (Phi) is 5.93. The summed E-state index contributed by atoms with van der Waals surface area (Å²) < 4.78 is 15.8. The lowest BCUT2D eigenvalue weighted by Crippen LogP contribution is -2.31. The van der Waals surface area contributed by atoms with Crippen molar-refractivity contribution in [2.75, 3.05) is 20.8 Å². The molecule has 3 rings (SSSR count). The van der Waals surface area contributed by atoms with Crippen molar-refractivity contribution in [3.8, 4) is 22.9 Å². The molecule has 0 aliphatic rings. The van der Waals surface area contributed by atoms with Gasteiger partial charge >= 0.3 is 0 Å². The number of halogens is 1. The van der Waals surface area contributed by atoms with Gasteiger partial charge in [-0.25, -0.2) is 0 Å². The van der Waals surface area contributed by atoms with Crippen LogP contribution in [0.5, 0.6) is 11.5 Å². The molecule has 1 aromatic heterocycles. The van der Waals surface area contributed by atoms with Crippen molar-refractivity contribution in [3.63, 3.8) is 0 Å². The number of rotatable bonds is 7. The summed E-state index contributed by atoms with van der Waals surface area (Å²) in [4.78, 5) is 18.0. The summed E-state index contributed by atoms with van der Waals surface area (Å²) in [6.45, 7) is 0.0722. The zero-order valence-electron chi connectivity index (χ0n) is 14.9. The first kappa shape index (κ1) is 18.7. The van der Waals surface area contributed by atoms with Gasteiger partial charge in [-0.1, -0.05) is 22.8 Å². The number of ether oxygens (including phenoxy) is 2. The van der Waals surface area contributed by atoms with Crippen LogP contribution in [0.4, 0.5) is 0 Å². The highest BCUT2D eigenvalue weighted by atomic mass is 35.5. The fraction of sp³-hybridized carbons (Fsp3) is 0.211. The Morgan fingerprint density at radius 3 is 2.67 bits per heavy atom. The molecule has 0 bridgehead atoms. The van der Waals surface area contributed by atoms with Gasteiger partial charge in [0.2, 0.25) is 11.7 Å². The minimum Gasteiger partial charge on any atom is -0.497 e. The molecular formula is C19H18ClN3O4. The molecule has 1 amide bonds. The first-order valence-corrected chi connectivity index (χ1v) is 8.52. The van der Waals surface area contributed by atoms with Crippen LogP contribution in [0.1, 0.15) is 5.89 Å². The predicted molar refractivity (Wildman–Crippen MR) is 99.7 cm³/mol. The van der Waals surface area contributed by atoms with E-state index in [2.05, 4.69) is 10.1 Å². The van der Waals surface area contributed by atoms with Crippen molar-refractivity contribution >= 4 is 17.5 Å². The lowest BCUT2D eigenvalue weighted by molar-refractivity contribution is -0.132. The quantitative estimate of drug-likeness (QED) is 0.618. The molecule has 0 atom stereocenters. The second-order valence-electron chi connectivity index (χ2n) is 5.74. The van der Waals surface area contributed by atoms with Crippen molar-refractivity contribution in [2.45, 2.75) is 6.54 Å². The second kappa shape index (κ2) is 8.55. The number of hydrogen-bond donors (Lipinski definition) is 0. The number of likely N-dealkylation sites (N-methyl/N-ethyl adjacent to an activating group) is 1. The van der Waals surface area contributed by atoms with Gasteiger partial charge in [0.15, 0.2) is 6.61 Å². The topological polar surface area (TPSA) is 77.7 Å². The van der Waals surface area contributed by atoms with Crippen molar-refractivity contribution < 1.29 is 18.8 Å². The Morgan fingerprint density at radius 1 is 1.19 bits per heavy atom. The van der Waals surface area contributed by atoms with E-state index in [1.807, 2.05) is 0 Å². The fourth-order valence-electron chi connectivity index (χ4n) is 2.27. The van der Waals surface area contributed by atoms with Gasteiger partial charge in [-0.3, -0.25) is 4.79 Å². The molecule has 0 saturated heterocycles. The normalized spacial score (nSPS) is 10.5. The minimum absolute atomic E-state index is 0.109. The molecule has 0 spiro atoms. The zero-order chi connectivity index (χ0) is 19.2. The number of nitrogens with zero attached hydrogens (tertiary/aromatic N) is 3. The van der Waals surface area contributed by atoms with Crippen LogP contribution in [0.15, 0.2) is 53.1 Å². The van der Waals surface area contributed by atoms with Gasteiger partial charge in [-0.15, -0.1) is 0 Å². The van der Waals surface area contributed by atoms with Crippen molar-refractivity contribution in [1.29, 1.82) is 0 Å². The molecule has 3 aromatic rings. The number of hydrogen-bond acceptors (Lipinski definition) is 6. The van der Waals surface area contributed by atoms with Gasteiger partial charge in [0.05, 0.1) is 13.7 Å². The van der Waals surface area contributed by atoms with Crippen LogP contribution < -0.4 is 9.47 Å². The summed E-state index contributed by atoms with van der Waals surface area (Å²) in [5, 5.41) is 4.56. The molecule has 2 aromatic carbocycles. The number of aromatic nitrogens is 2. The third kappa shape index (κ3) is 4.98. The molecule has 0 unspecified atom stereocenters. The summed E-state index contributed by atoms with van der Waals surface area (Å²) in [5.74, 6) is 1.77. The van der Waals surface area contributed by atoms with Gasteiger partial charge in [0.25, 0.3) is 5.91 Å². The monoisotopic (exact) mass is 387 g/mol. The maximum absolute atomic E-state index is 12.3. The highest BCUT2D eigenvalue weighted by Gasteiger charge is 2.15. The molecule has 0 saturated carbocycles. The Morgan fingerprint density at radius 2 is 1.93 bits per heavy atom. The van der Waals surface area contributed by atoms with Crippen molar-refractivity contribution in [2.24, 2.45) is 0 Å². The van der Waals surface area contributed by atoms with Gasteiger partial charge in [-0.2, -0.15) is 4.98 Å². The Labute approximate surface area is 161 Å². The highest BCUT2D eigenvalue weighted by Crippen LogP contribution is 2.20. The minimum atomic E-state index is -0.218. The van der Waals surface area contributed by atoms with E-state index in [-0.39, 0.29) is 19.1 Å². The fourth-order valence-corrected chi connectivity index (χ4v) is 2.40. The first-order chi connectivity index (χ1) is 13.0. The van der Waals surface area contributed by atoms with E-state index in [0.29, 0.717) is 28.2 Å². The summed E-state index contributed by atoms with van der Waals surface area (Å²) >= 11 is 5.87. The van der Waals surface area contributed by atoms with Crippen LogP contribution in [-0.4, -0.2) is 41.7 Å². The number of benzene rings is 2. The van der Waals surface area contributed by atoms with Gasteiger partial charge in [-0.05, 0) is 36.4 Å². The number of amides is 1. The second-order valence-corrected chi connectivity index (χ2v) is 6.17. The van der Waals surface area contributed by atoms with E-state index in [9.17, 15) is 4.79 Å². The van der Waals surface area contributed by atoms with Gasteiger partial charge in [0.1, 0.15) is 11.5 Å². The van der Waals surface area contributed by atoms with E-state index < -0.39 is 0 Å². The molecule has 1 heterocycles. The zero-order valence-corrected chi connectivity index (χ0v) is 15.6. The van der Waals surface area contributed by atoms with E-state index >= 15 is 0 Å². The SMILES string of the molecule is COc1cccc(OCC(=O)N(C)Cc2nc(-c3ccc(Cl)cc3)no2)c1. The molecule has 0 N–H and O–H groups in total. The van der Waals surface area contributed by atoms with Crippen LogP contribution in [-0.2, 0) is 11.3 Å². The third-order valence-electron chi connectivity index (χ3n) is 3.77. The standard InChI is InChI=1S/C19H18ClN3O4/c1-23(18(24)12-26-16-5-3-4-15(10-16)25-2)11-17-21-19(22-27-17)13-6-8-14(20)9-7-13/h3-10H,11-12H2,1-2H3. The summed E-state index contributed by atoms with van der Waals surface area (Å²) in [7, 11) is 3.21. The van der Waals surface area contributed by atoms with Crippen molar-refractivity contribution in [1.82, 2.24) is 15.0 Å². The highest BCUT2D eigenvalue weighted by molar-refractivity contribution is 6.30. The molecule has 27 heavy (non-hydrogen) atoms. The maximum atomic E-state index is 12.3. The average molecular weight is 388 g/mol. The smallest absolute Gasteiger partial charge is 0.260 e. The number of carbonyl (C=O) groups excluding carboxylic acids is 1. The van der Waals surface area contributed by atoms with Crippen LogP contribution in [0.3, 0.4) is 0 Å². The van der Waals surface area contributed by atoms with Crippen LogP contribution in [0, 0.1) is 0 Å². The molecule has 8 heteroatoms. The van der Waals surface area contributed by atoms with Crippen LogP contribution in [0.2, 0.25) is 5.02 Å². The third-order valence-corrected chi connectivity index (χ3v) is 4.02. The van der Waals surface area contributed by atoms with E-state index in [1.165, 1.54) is 4.90 Å². The molecule has 0 radical (unpaired) electrons. The van der Waals surface area contributed by atoms with Gasteiger partial charge in [0, 0.05) is 23.7 Å². The summed E-state index contributed by atoms with van der Waals surface area (Å²) in [5.41, 5.74) is 0.782. The Hall–Kier alpha value is -3.06. The molecule has 0 aliphatic heterocycles. The average Bonchev–Trinajstić information content (AvgIpc) is 3.15. The molecule has 0 fully saturated rings. The molecule has 7 nitrogen and oxygen atoms in total. The summed E-state index contributed by atoms with van der Waals surface area (Å²) in [6.07, 6.45) is 0. The molecular weight excluding hydrogens is 370 g/mol. The molecule has 0 aliphatic carbocycles. The van der Waals surface area contributed by atoms with E-state index in [1.54, 1.807) is 62.7 Å². The molecule has 140 valence electrons. The van der Waals surface area contributed by atoms with Crippen LogP contribution >= 0.6 is 11.6 Å². The van der Waals surface area contributed by atoms with Crippen molar-refractivity contribution in [3.05, 3.63) is 59.4 Å². The largest absolute Gasteiger partial charge is 0.497 e. The van der Waals surface area contributed by atoms with E-state index in [0.717, 1.165) is 5.56 Å². The number of carbonyl (C=O) groups is 1. The lowest BCUT2D eigenvalue weighted by Gasteiger charge is -2.15. The summed E-state index contributed by atoms with van der Waals surface area (Å²) in [6, 6.07) is 14.2. The Bertz CT molecular complexity index is 911. The van der Waals surface area contributed by atoms with Gasteiger partial charge < -0.3 is 18.9 Å². The van der Waals surface area contributed by atoms with E-state index in [4.69, 9.17) is 25.6 Å². The first-order valence-electron chi connectivity index (χ1n) is 8.14. The predicted octanol–water partition coefficient (Wildman–Crippen LogP) is 3.44. The van der Waals surface area contributed by atoms with Crippen LogP contribution in [0.25, 0.3) is 11.4 Å². The Balaban J connectivity index is 1.55.